The van der Waals surface area contributed by atoms with E-state index in [2.05, 4.69) is 12.2 Å². The van der Waals surface area contributed by atoms with Gasteiger partial charge in [-0.15, -0.1) is 0 Å². The van der Waals surface area contributed by atoms with Gasteiger partial charge in [-0.1, -0.05) is 17.7 Å². The first kappa shape index (κ1) is 21.6. The molecular formula is C16H19NO7PS2+. The van der Waals surface area contributed by atoms with Crippen LogP contribution in [0.5, 0.6) is 5.75 Å². The van der Waals surface area contributed by atoms with E-state index < -0.39 is 22.0 Å². The van der Waals surface area contributed by atoms with E-state index in [1.165, 1.54) is 36.4 Å². The molecule has 1 atom stereocenters. The maximum Gasteiger partial charge on any atom is 0.373 e. The third-order valence-electron chi connectivity index (χ3n) is 3.28. The smallest absolute Gasteiger partial charge is 0.308 e. The Morgan fingerprint density at radius 1 is 1.07 bits per heavy atom. The van der Waals surface area contributed by atoms with Crippen LogP contribution in [0.1, 0.15) is 5.56 Å². The topological polar surface area (TPSA) is 105 Å². The number of non-ortho nitro benzene ring substituents is 1. The van der Waals surface area contributed by atoms with Gasteiger partial charge in [-0.05, 0) is 31.2 Å². The number of aryl methyl sites for hydroxylation is 1. The second-order valence-corrected chi connectivity index (χ2v) is 11.4. The minimum atomic E-state index is -3.86. The molecule has 0 saturated heterocycles. The van der Waals surface area contributed by atoms with Crippen molar-refractivity contribution in [2.45, 2.75) is 11.8 Å². The fourth-order valence-corrected chi connectivity index (χ4v) is 4.37. The summed E-state index contributed by atoms with van der Waals surface area (Å²) in [6.45, 7) is 0.609. The highest BCUT2D eigenvalue weighted by molar-refractivity contribution is 8.49. The van der Waals surface area contributed by atoms with E-state index in [0.717, 1.165) is 5.56 Å². The molecule has 2 aromatic carbocycles. The lowest BCUT2D eigenvalue weighted by atomic mass is 10.2. The van der Waals surface area contributed by atoms with Gasteiger partial charge in [0.15, 0.2) is 5.75 Å². The van der Waals surface area contributed by atoms with Gasteiger partial charge in [0.1, 0.15) is 13.3 Å². The van der Waals surface area contributed by atoms with Crippen LogP contribution in [0, 0.1) is 17.0 Å². The summed E-state index contributed by atoms with van der Waals surface area (Å²) in [5.74, 6) is 0.361. The lowest BCUT2D eigenvalue weighted by molar-refractivity contribution is -0.384. The molecule has 2 aromatic rings. The average Bonchev–Trinajstić information content (AvgIpc) is 2.59. The second-order valence-electron chi connectivity index (χ2n) is 5.57. The van der Waals surface area contributed by atoms with Crippen molar-refractivity contribution in [3.63, 3.8) is 0 Å². The van der Waals surface area contributed by atoms with Crippen molar-refractivity contribution in [2.75, 3.05) is 19.9 Å². The average molecular weight is 432 g/mol. The Morgan fingerprint density at radius 2 is 1.67 bits per heavy atom. The summed E-state index contributed by atoms with van der Waals surface area (Å²) >= 11 is 4.32. The minimum absolute atomic E-state index is 0.0498. The van der Waals surface area contributed by atoms with Gasteiger partial charge in [0, 0.05) is 12.1 Å². The zero-order valence-electron chi connectivity index (χ0n) is 14.6. The molecule has 0 aliphatic rings. The lowest BCUT2D eigenvalue weighted by Crippen LogP contribution is -2.12. The van der Waals surface area contributed by atoms with E-state index in [1.807, 2.05) is 6.92 Å². The minimum Gasteiger partial charge on any atom is -0.308 e. The Kier molecular flexibility index (Phi) is 7.19. The highest BCUT2D eigenvalue weighted by Crippen LogP contribution is 2.61. The molecule has 11 heteroatoms. The van der Waals surface area contributed by atoms with Crippen LogP contribution in [0.15, 0.2) is 53.4 Å². The van der Waals surface area contributed by atoms with Gasteiger partial charge in [0.25, 0.3) is 15.8 Å². The summed E-state index contributed by atoms with van der Waals surface area (Å²) in [4.78, 5) is 10.2. The molecule has 0 radical (unpaired) electrons. The fourth-order valence-electron chi connectivity index (χ4n) is 1.97. The molecule has 0 fully saturated rings. The second kappa shape index (κ2) is 8.99. The molecule has 0 aromatic heterocycles. The van der Waals surface area contributed by atoms with Crippen molar-refractivity contribution in [2.24, 2.45) is 0 Å². The Bertz CT molecular complexity index is 884. The van der Waals surface area contributed by atoms with Crippen LogP contribution in [0.4, 0.5) is 5.69 Å². The maximum absolute atomic E-state index is 12.1. The normalized spacial score (nSPS) is 13.7. The SMILES string of the molecule is Cc1ccc(S(=O)(=O)OCCO[P+](C)(S)Oc2ccc([N+](=O)[O-])cc2)cc1. The standard InChI is InChI=1S/C16H19NO7PS2/c1-13-3-9-16(10-4-13)27(20,21)23-12-11-22-25(2,26)24-15-7-5-14(6-8-15)17(18)19/h3-10,26H,11-12H2,1-2H3/q+1. The predicted octanol–water partition coefficient (Wildman–Crippen LogP) is 4.03. The molecule has 146 valence electrons. The molecule has 8 nitrogen and oxygen atoms in total. The molecule has 2 rings (SSSR count). The molecular weight excluding hydrogens is 413 g/mol. The Hall–Kier alpha value is -1.71. The van der Waals surface area contributed by atoms with E-state index in [1.54, 1.807) is 18.8 Å². The first-order valence-electron chi connectivity index (χ1n) is 7.73. The molecule has 0 aliphatic heterocycles. The van der Waals surface area contributed by atoms with E-state index in [-0.39, 0.29) is 23.8 Å². The number of rotatable bonds is 9. The third-order valence-corrected chi connectivity index (χ3v) is 6.41. The summed E-state index contributed by atoms with van der Waals surface area (Å²) < 4.78 is 40.2. The van der Waals surface area contributed by atoms with Crippen LogP contribution >= 0.6 is 19.2 Å². The van der Waals surface area contributed by atoms with Crippen molar-refractivity contribution in [3.05, 3.63) is 64.2 Å². The predicted molar refractivity (Wildman–Crippen MR) is 106 cm³/mol. The van der Waals surface area contributed by atoms with Gasteiger partial charge in [0.2, 0.25) is 0 Å². The quantitative estimate of drug-likeness (QED) is 0.159. The van der Waals surface area contributed by atoms with Crippen LogP contribution in [0.25, 0.3) is 0 Å². The number of nitrogens with zero attached hydrogens (tertiary/aromatic N) is 1. The molecule has 0 heterocycles. The lowest BCUT2D eigenvalue weighted by Gasteiger charge is -2.14. The van der Waals surface area contributed by atoms with E-state index >= 15 is 0 Å². The van der Waals surface area contributed by atoms with Crippen molar-refractivity contribution in [1.82, 2.24) is 0 Å². The number of thiol groups is 1. The molecule has 0 bridgehead atoms. The molecule has 0 saturated carbocycles. The fraction of sp³-hybridized carbons (Fsp3) is 0.250. The van der Waals surface area contributed by atoms with Gasteiger partial charge in [-0.25, -0.2) is 0 Å². The molecule has 0 N–H and O–H groups in total. The Labute approximate surface area is 163 Å². The van der Waals surface area contributed by atoms with Gasteiger partial charge >= 0.3 is 6.92 Å². The monoisotopic (exact) mass is 432 g/mol. The van der Waals surface area contributed by atoms with E-state index in [4.69, 9.17) is 13.2 Å². The Balaban J connectivity index is 1.84. The van der Waals surface area contributed by atoms with Crippen molar-refractivity contribution in [3.8, 4) is 5.75 Å². The molecule has 27 heavy (non-hydrogen) atoms. The van der Waals surface area contributed by atoms with Crippen LogP contribution < -0.4 is 4.52 Å². The first-order chi connectivity index (χ1) is 12.6. The molecule has 1 unspecified atom stereocenters. The number of benzene rings is 2. The number of nitro groups is 1. The van der Waals surface area contributed by atoms with Crippen molar-refractivity contribution >= 4 is 35.0 Å². The maximum atomic E-state index is 12.1. The zero-order chi connectivity index (χ0) is 20.1. The van der Waals surface area contributed by atoms with Crippen LogP contribution in [0.2, 0.25) is 0 Å². The van der Waals surface area contributed by atoms with Crippen LogP contribution in [-0.4, -0.2) is 33.2 Å². The van der Waals surface area contributed by atoms with Crippen molar-refractivity contribution in [1.29, 1.82) is 0 Å². The van der Waals surface area contributed by atoms with Gasteiger partial charge < -0.3 is 4.52 Å². The highest BCUT2D eigenvalue weighted by atomic mass is 32.7. The number of hydrogen-bond donors (Lipinski definition) is 1. The van der Waals surface area contributed by atoms with Gasteiger partial charge in [0.05, 0.1) is 28.7 Å². The van der Waals surface area contributed by atoms with Gasteiger partial charge in [-0.3, -0.25) is 14.3 Å². The summed E-state index contributed by atoms with van der Waals surface area (Å²) in [6.07, 6.45) is 0. The first-order valence-corrected chi connectivity index (χ1v) is 12.4. The highest BCUT2D eigenvalue weighted by Gasteiger charge is 2.33. The zero-order valence-corrected chi connectivity index (χ0v) is 17.2. The summed E-state index contributed by atoms with van der Waals surface area (Å²) in [5.41, 5.74) is 0.883. The number of nitro benzene ring substituents is 1. The van der Waals surface area contributed by atoms with E-state index in [9.17, 15) is 18.5 Å². The summed E-state index contributed by atoms with van der Waals surface area (Å²) in [6, 6.07) is 11.8. The van der Waals surface area contributed by atoms with Crippen molar-refractivity contribution < 1.29 is 26.6 Å². The van der Waals surface area contributed by atoms with E-state index in [0.29, 0.717) is 5.75 Å². The number of hydrogen-bond acceptors (Lipinski definition) is 8. The molecule has 0 aliphatic carbocycles. The molecule has 0 spiro atoms. The van der Waals surface area contributed by atoms with Gasteiger partial charge in [-0.2, -0.15) is 12.9 Å². The summed E-state index contributed by atoms with van der Waals surface area (Å²) in [5, 5.41) is 10.6. The Morgan fingerprint density at radius 3 is 2.22 bits per heavy atom. The largest absolute Gasteiger partial charge is 0.373 e. The third kappa shape index (κ3) is 6.75. The molecule has 0 amide bonds. The van der Waals surface area contributed by atoms with Crippen LogP contribution in [-0.2, 0) is 18.8 Å². The summed E-state index contributed by atoms with van der Waals surface area (Å²) in [7, 11) is -3.86. The van der Waals surface area contributed by atoms with Crippen LogP contribution in [0.3, 0.4) is 0 Å².